The molecule has 0 atom stereocenters. The minimum atomic E-state index is 0.357. The summed E-state index contributed by atoms with van der Waals surface area (Å²) in [6.45, 7) is 0.466. The van der Waals surface area contributed by atoms with E-state index in [0.717, 1.165) is 5.56 Å². The molecule has 0 unspecified atom stereocenters. The lowest BCUT2D eigenvalue weighted by Gasteiger charge is -2.05. The monoisotopic (exact) mass is 243 g/mol. The molecular weight excluding hydrogens is 234 g/mol. The number of ether oxygens (including phenoxy) is 1. The predicted octanol–water partition coefficient (Wildman–Crippen LogP) is 3.01. The first kappa shape index (κ1) is 11.4. The Balaban J connectivity index is 2.12. The van der Waals surface area contributed by atoms with Crippen molar-refractivity contribution in [1.29, 1.82) is 5.26 Å². The van der Waals surface area contributed by atoms with Crippen LogP contribution in [0.5, 0.6) is 5.75 Å². The van der Waals surface area contributed by atoms with Crippen molar-refractivity contribution >= 4 is 17.6 Å². The van der Waals surface area contributed by atoms with Gasteiger partial charge in [0.1, 0.15) is 12.4 Å². The number of hydrogen-bond acceptors (Lipinski definition) is 4. The van der Waals surface area contributed by atoms with Crippen molar-refractivity contribution < 1.29 is 9.53 Å². The van der Waals surface area contributed by atoms with Crippen molar-refractivity contribution in [2.45, 2.75) is 6.61 Å². The largest absolute Gasteiger partial charge is 0.489 e. The van der Waals surface area contributed by atoms with Gasteiger partial charge in [-0.25, -0.2) is 0 Å². The van der Waals surface area contributed by atoms with Crippen LogP contribution < -0.4 is 4.74 Å². The maximum absolute atomic E-state index is 10.8. The Hall–Kier alpha value is -2.12. The van der Waals surface area contributed by atoms with Gasteiger partial charge < -0.3 is 4.74 Å². The highest BCUT2D eigenvalue weighted by atomic mass is 32.1. The molecule has 0 spiro atoms. The first-order valence-electron chi connectivity index (χ1n) is 4.96. The molecule has 0 aliphatic heterocycles. The summed E-state index contributed by atoms with van der Waals surface area (Å²) < 4.78 is 5.53. The Morgan fingerprint density at radius 3 is 2.94 bits per heavy atom. The number of benzene rings is 1. The summed E-state index contributed by atoms with van der Waals surface area (Å²) in [6, 6.07) is 8.80. The van der Waals surface area contributed by atoms with Gasteiger partial charge in [0.2, 0.25) is 0 Å². The highest BCUT2D eigenvalue weighted by molar-refractivity contribution is 7.07. The molecule has 17 heavy (non-hydrogen) atoms. The van der Waals surface area contributed by atoms with Crippen molar-refractivity contribution in [2.24, 2.45) is 0 Å². The molecule has 0 aliphatic carbocycles. The molecule has 0 aliphatic rings. The zero-order chi connectivity index (χ0) is 12.1. The molecule has 4 heteroatoms. The summed E-state index contributed by atoms with van der Waals surface area (Å²) in [5.74, 6) is 0.595. The second kappa shape index (κ2) is 5.28. The Morgan fingerprint density at radius 2 is 2.29 bits per heavy atom. The molecule has 1 aromatic heterocycles. The molecule has 0 saturated carbocycles. The summed E-state index contributed by atoms with van der Waals surface area (Å²) in [4.78, 5) is 10.8. The minimum absolute atomic E-state index is 0.357. The molecule has 0 amide bonds. The lowest BCUT2D eigenvalue weighted by atomic mass is 10.1. The van der Waals surface area contributed by atoms with E-state index in [-0.39, 0.29) is 0 Å². The molecule has 1 heterocycles. The average molecular weight is 243 g/mol. The Labute approximate surface area is 103 Å². The van der Waals surface area contributed by atoms with Gasteiger partial charge in [0.05, 0.1) is 11.6 Å². The zero-order valence-electron chi connectivity index (χ0n) is 8.92. The van der Waals surface area contributed by atoms with Gasteiger partial charge in [-0.05, 0) is 40.6 Å². The molecule has 0 bridgehead atoms. The molecular formula is C13H9NO2S. The van der Waals surface area contributed by atoms with Gasteiger partial charge in [-0.2, -0.15) is 16.6 Å². The van der Waals surface area contributed by atoms with E-state index in [1.807, 2.05) is 22.9 Å². The van der Waals surface area contributed by atoms with E-state index >= 15 is 0 Å². The van der Waals surface area contributed by atoms with Crippen molar-refractivity contribution in [2.75, 3.05) is 0 Å². The van der Waals surface area contributed by atoms with Crippen molar-refractivity contribution in [3.8, 4) is 11.8 Å². The van der Waals surface area contributed by atoms with Crippen LogP contribution in [0.2, 0.25) is 0 Å². The molecule has 2 aromatic rings. The molecule has 84 valence electrons. The quantitative estimate of drug-likeness (QED) is 0.775. The van der Waals surface area contributed by atoms with Crippen LogP contribution in [0.25, 0.3) is 0 Å². The third-order valence-electron chi connectivity index (χ3n) is 2.26. The molecule has 0 saturated heterocycles. The fourth-order valence-electron chi connectivity index (χ4n) is 1.37. The Morgan fingerprint density at radius 1 is 1.41 bits per heavy atom. The van der Waals surface area contributed by atoms with E-state index in [2.05, 4.69) is 0 Å². The third-order valence-corrected chi connectivity index (χ3v) is 2.99. The molecule has 0 N–H and O–H groups in total. The van der Waals surface area contributed by atoms with Crippen LogP contribution in [0, 0.1) is 11.3 Å². The predicted molar refractivity (Wildman–Crippen MR) is 65.2 cm³/mol. The second-order valence-electron chi connectivity index (χ2n) is 3.40. The number of nitriles is 1. The fraction of sp³-hybridized carbons (Fsp3) is 0.0769. The average Bonchev–Trinajstić information content (AvgIpc) is 2.89. The van der Waals surface area contributed by atoms with Crippen molar-refractivity contribution in [1.82, 2.24) is 0 Å². The number of carbonyl (C=O) groups is 1. The van der Waals surface area contributed by atoms with Gasteiger partial charge in [-0.15, -0.1) is 0 Å². The highest BCUT2D eigenvalue weighted by Crippen LogP contribution is 2.18. The summed E-state index contributed by atoms with van der Waals surface area (Å²) in [5, 5.41) is 12.8. The maximum Gasteiger partial charge on any atom is 0.151 e. The lowest BCUT2D eigenvalue weighted by Crippen LogP contribution is -1.95. The first-order valence-corrected chi connectivity index (χ1v) is 5.91. The summed E-state index contributed by atoms with van der Waals surface area (Å²) in [7, 11) is 0. The van der Waals surface area contributed by atoms with Gasteiger partial charge in [0.25, 0.3) is 0 Å². The number of nitrogens with zero attached hydrogens (tertiary/aromatic N) is 1. The van der Waals surface area contributed by atoms with Gasteiger partial charge in [-0.3, -0.25) is 4.79 Å². The van der Waals surface area contributed by atoms with Crippen LogP contribution in [0.15, 0.2) is 35.0 Å². The minimum Gasteiger partial charge on any atom is -0.489 e. The summed E-state index contributed by atoms with van der Waals surface area (Å²) in [5.41, 5.74) is 1.81. The number of carbonyl (C=O) groups excluding carboxylic acids is 1. The van der Waals surface area contributed by atoms with Crippen LogP contribution >= 0.6 is 11.3 Å². The smallest absolute Gasteiger partial charge is 0.151 e. The molecule has 0 radical (unpaired) electrons. The van der Waals surface area contributed by atoms with Crippen molar-refractivity contribution in [3.05, 3.63) is 51.7 Å². The molecule has 2 rings (SSSR count). The number of rotatable bonds is 4. The summed E-state index contributed by atoms with van der Waals surface area (Å²) >= 11 is 1.61. The fourth-order valence-corrected chi connectivity index (χ4v) is 2.02. The van der Waals surface area contributed by atoms with E-state index in [0.29, 0.717) is 29.8 Å². The van der Waals surface area contributed by atoms with Gasteiger partial charge in [0, 0.05) is 5.56 Å². The second-order valence-corrected chi connectivity index (χ2v) is 4.18. The summed E-state index contributed by atoms with van der Waals surface area (Å²) in [6.07, 6.45) is 0.663. The van der Waals surface area contributed by atoms with Gasteiger partial charge >= 0.3 is 0 Å². The van der Waals surface area contributed by atoms with Crippen molar-refractivity contribution in [3.63, 3.8) is 0 Å². The van der Waals surface area contributed by atoms with E-state index in [4.69, 9.17) is 10.00 Å². The van der Waals surface area contributed by atoms with E-state index in [1.165, 1.54) is 0 Å². The molecule has 1 aromatic carbocycles. The first-order chi connectivity index (χ1) is 8.33. The maximum atomic E-state index is 10.8. The number of aldehydes is 1. The van der Waals surface area contributed by atoms with E-state index in [1.54, 1.807) is 29.5 Å². The lowest BCUT2D eigenvalue weighted by molar-refractivity contribution is 0.112. The number of hydrogen-bond donors (Lipinski definition) is 0. The Kier molecular flexibility index (Phi) is 3.53. The third kappa shape index (κ3) is 2.71. The zero-order valence-corrected chi connectivity index (χ0v) is 9.74. The van der Waals surface area contributed by atoms with Gasteiger partial charge in [0.15, 0.2) is 6.29 Å². The number of thiophene rings is 1. The Bertz CT molecular complexity index is 555. The van der Waals surface area contributed by atoms with Crippen LogP contribution in [0.3, 0.4) is 0 Å². The van der Waals surface area contributed by atoms with E-state index < -0.39 is 0 Å². The van der Waals surface area contributed by atoms with Crippen LogP contribution in [0.4, 0.5) is 0 Å². The van der Waals surface area contributed by atoms with Crippen LogP contribution in [0.1, 0.15) is 21.5 Å². The van der Waals surface area contributed by atoms with E-state index in [9.17, 15) is 4.79 Å². The topological polar surface area (TPSA) is 50.1 Å². The standard InChI is InChI=1S/C13H9NO2S/c14-6-11-1-2-13(5-12(11)7-15)16-8-10-3-4-17-9-10/h1-5,7,9H,8H2. The molecule has 0 fully saturated rings. The normalized spacial score (nSPS) is 9.59. The SMILES string of the molecule is N#Cc1ccc(OCc2ccsc2)cc1C=O. The van der Waals surface area contributed by atoms with Crippen LogP contribution in [-0.4, -0.2) is 6.29 Å². The molecule has 3 nitrogen and oxygen atoms in total. The van der Waals surface area contributed by atoms with Crippen LogP contribution in [-0.2, 0) is 6.61 Å². The van der Waals surface area contributed by atoms with Gasteiger partial charge in [-0.1, -0.05) is 0 Å². The highest BCUT2D eigenvalue weighted by Gasteiger charge is 2.03.